The van der Waals surface area contributed by atoms with Gasteiger partial charge in [0.25, 0.3) is 0 Å². The molecule has 1 atom stereocenters. The Kier molecular flexibility index (Phi) is 5.56. The SMILES string of the molecule is C[C@H](NC(=O)N1CCC(O)(CN2CCCC2)CC1)c1cccc2ccccc12. The van der Waals surface area contributed by atoms with E-state index in [1.807, 2.05) is 30.0 Å². The van der Waals surface area contributed by atoms with Gasteiger partial charge in [-0.05, 0) is 62.0 Å². The highest BCUT2D eigenvalue weighted by atomic mass is 16.3. The van der Waals surface area contributed by atoms with Crippen molar-refractivity contribution < 1.29 is 9.90 Å². The molecule has 2 aromatic carbocycles. The van der Waals surface area contributed by atoms with Gasteiger partial charge in [0.1, 0.15) is 0 Å². The van der Waals surface area contributed by atoms with Gasteiger partial charge in [-0.1, -0.05) is 42.5 Å². The summed E-state index contributed by atoms with van der Waals surface area (Å²) in [6, 6.07) is 14.4. The predicted octanol–water partition coefficient (Wildman–Crippen LogP) is 3.53. The molecule has 2 saturated heterocycles. The zero-order chi connectivity index (χ0) is 19.6. The molecule has 0 saturated carbocycles. The van der Waals surface area contributed by atoms with Crippen LogP contribution in [-0.2, 0) is 0 Å². The Morgan fingerprint density at radius 3 is 2.50 bits per heavy atom. The Morgan fingerprint density at radius 2 is 1.75 bits per heavy atom. The van der Waals surface area contributed by atoms with Crippen LogP contribution in [-0.4, -0.2) is 59.3 Å². The van der Waals surface area contributed by atoms with Gasteiger partial charge in [0.2, 0.25) is 0 Å². The molecular formula is C23H31N3O2. The first-order valence-corrected chi connectivity index (χ1v) is 10.5. The number of aliphatic hydroxyl groups is 1. The first kappa shape index (κ1) is 19.2. The van der Waals surface area contributed by atoms with Gasteiger partial charge in [0, 0.05) is 19.6 Å². The maximum absolute atomic E-state index is 12.8. The third kappa shape index (κ3) is 4.15. The lowest BCUT2D eigenvalue weighted by Crippen LogP contribution is -2.53. The Bertz CT molecular complexity index is 818. The summed E-state index contributed by atoms with van der Waals surface area (Å²) in [5.41, 5.74) is 0.483. The predicted molar refractivity (Wildman–Crippen MR) is 112 cm³/mol. The number of rotatable bonds is 4. The van der Waals surface area contributed by atoms with E-state index in [1.54, 1.807) is 0 Å². The van der Waals surface area contributed by atoms with Crippen LogP contribution in [0.15, 0.2) is 42.5 Å². The second-order valence-corrected chi connectivity index (χ2v) is 8.43. The number of nitrogens with one attached hydrogen (secondary N) is 1. The van der Waals surface area contributed by atoms with Crippen molar-refractivity contribution in [1.29, 1.82) is 0 Å². The van der Waals surface area contributed by atoms with E-state index in [0.29, 0.717) is 25.9 Å². The lowest BCUT2D eigenvalue weighted by atomic mass is 9.91. The van der Waals surface area contributed by atoms with Crippen molar-refractivity contribution >= 4 is 16.8 Å². The van der Waals surface area contributed by atoms with Crippen LogP contribution in [0.5, 0.6) is 0 Å². The standard InChI is InChI=1S/C23H31N3O2/c1-18(20-10-6-8-19-7-2-3-9-21(19)20)24-22(27)26-15-11-23(28,12-16-26)17-25-13-4-5-14-25/h2-3,6-10,18,28H,4-5,11-17H2,1H3,(H,24,27)/t18-/m0/s1. The highest BCUT2D eigenvalue weighted by Crippen LogP contribution is 2.27. The molecule has 2 aromatic rings. The van der Waals surface area contributed by atoms with Crippen LogP contribution in [0, 0.1) is 0 Å². The van der Waals surface area contributed by atoms with E-state index >= 15 is 0 Å². The van der Waals surface area contributed by atoms with Crippen molar-refractivity contribution in [1.82, 2.24) is 15.1 Å². The van der Waals surface area contributed by atoms with Crippen LogP contribution in [0.4, 0.5) is 4.79 Å². The fraction of sp³-hybridized carbons (Fsp3) is 0.522. The second kappa shape index (κ2) is 8.10. The molecule has 0 aliphatic carbocycles. The Balaban J connectivity index is 1.35. The van der Waals surface area contributed by atoms with Crippen molar-refractivity contribution in [3.8, 4) is 0 Å². The van der Waals surface area contributed by atoms with E-state index in [0.717, 1.165) is 25.2 Å². The molecule has 28 heavy (non-hydrogen) atoms. The summed E-state index contributed by atoms with van der Waals surface area (Å²) in [5.74, 6) is 0. The summed E-state index contributed by atoms with van der Waals surface area (Å²) in [7, 11) is 0. The number of piperidine rings is 1. The van der Waals surface area contributed by atoms with Crippen LogP contribution < -0.4 is 5.32 Å². The van der Waals surface area contributed by atoms with Gasteiger partial charge in [0.15, 0.2) is 0 Å². The lowest BCUT2D eigenvalue weighted by molar-refractivity contribution is -0.0340. The number of carbonyl (C=O) groups excluding carboxylic acids is 1. The molecule has 2 aliphatic rings. The number of nitrogens with zero attached hydrogens (tertiary/aromatic N) is 2. The van der Waals surface area contributed by atoms with Crippen molar-refractivity contribution in [2.45, 2.75) is 44.2 Å². The molecule has 0 bridgehead atoms. The molecule has 0 unspecified atom stereocenters. The van der Waals surface area contributed by atoms with Gasteiger partial charge < -0.3 is 20.2 Å². The van der Waals surface area contributed by atoms with Crippen LogP contribution >= 0.6 is 0 Å². The summed E-state index contributed by atoms with van der Waals surface area (Å²) in [6.07, 6.45) is 3.77. The van der Waals surface area contributed by atoms with E-state index in [9.17, 15) is 9.90 Å². The number of benzene rings is 2. The summed E-state index contributed by atoms with van der Waals surface area (Å²) in [5, 5.41) is 16.4. The second-order valence-electron chi connectivity index (χ2n) is 8.43. The molecular weight excluding hydrogens is 350 g/mol. The lowest BCUT2D eigenvalue weighted by Gasteiger charge is -2.40. The molecule has 150 valence electrons. The van der Waals surface area contributed by atoms with Crippen molar-refractivity contribution in [2.75, 3.05) is 32.7 Å². The maximum Gasteiger partial charge on any atom is 0.317 e. The van der Waals surface area contributed by atoms with Gasteiger partial charge in [-0.15, -0.1) is 0 Å². The minimum absolute atomic E-state index is 0.0383. The minimum atomic E-state index is -0.650. The van der Waals surface area contributed by atoms with E-state index in [-0.39, 0.29) is 12.1 Å². The molecule has 0 aromatic heterocycles. The van der Waals surface area contributed by atoms with E-state index < -0.39 is 5.60 Å². The number of fused-ring (bicyclic) bond motifs is 1. The van der Waals surface area contributed by atoms with Crippen LogP contribution in [0.1, 0.15) is 44.2 Å². The van der Waals surface area contributed by atoms with Crippen molar-refractivity contribution in [3.05, 3.63) is 48.0 Å². The van der Waals surface area contributed by atoms with Gasteiger partial charge in [-0.3, -0.25) is 0 Å². The average Bonchev–Trinajstić information content (AvgIpc) is 3.20. The largest absolute Gasteiger partial charge is 0.388 e. The summed E-state index contributed by atoms with van der Waals surface area (Å²) < 4.78 is 0. The third-order valence-corrected chi connectivity index (χ3v) is 6.33. The number of β-amino-alcohol motifs (C(OH)–C–C–N with tert-alkyl or cyclic N) is 1. The maximum atomic E-state index is 12.8. The zero-order valence-corrected chi connectivity index (χ0v) is 16.7. The number of likely N-dealkylation sites (tertiary alicyclic amines) is 2. The smallest absolute Gasteiger partial charge is 0.317 e. The van der Waals surface area contributed by atoms with Crippen molar-refractivity contribution in [3.63, 3.8) is 0 Å². The minimum Gasteiger partial charge on any atom is -0.388 e. The molecule has 5 heteroatoms. The molecule has 2 heterocycles. The molecule has 2 N–H and O–H groups in total. The zero-order valence-electron chi connectivity index (χ0n) is 16.7. The van der Waals surface area contributed by atoms with E-state index in [1.165, 1.54) is 23.6 Å². The number of urea groups is 1. The molecule has 4 rings (SSSR count). The molecule has 2 fully saturated rings. The molecule has 5 nitrogen and oxygen atoms in total. The Hall–Kier alpha value is -2.11. The molecule has 0 radical (unpaired) electrons. The normalized spacial score (nSPS) is 21.0. The van der Waals surface area contributed by atoms with E-state index in [4.69, 9.17) is 0 Å². The highest BCUT2D eigenvalue weighted by molar-refractivity contribution is 5.86. The number of hydrogen-bond acceptors (Lipinski definition) is 3. The quantitative estimate of drug-likeness (QED) is 0.852. The first-order valence-electron chi connectivity index (χ1n) is 10.5. The molecule has 0 spiro atoms. The Labute approximate surface area is 167 Å². The number of hydrogen-bond donors (Lipinski definition) is 2. The topological polar surface area (TPSA) is 55.8 Å². The van der Waals surface area contributed by atoms with Gasteiger partial charge in [-0.25, -0.2) is 4.79 Å². The highest BCUT2D eigenvalue weighted by Gasteiger charge is 2.36. The summed E-state index contributed by atoms with van der Waals surface area (Å²) >= 11 is 0. The third-order valence-electron chi connectivity index (χ3n) is 6.33. The van der Waals surface area contributed by atoms with Crippen LogP contribution in [0.2, 0.25) is 0 Å². The van der Waals surface area contributed by atoms with E-state index in [2.05, 4.69) is 34.5 Å². The number of carbonyl (C=O) groups is 1. The van der Waals surface area contributed by atoms with Gasteiger partial charge in [-0.2, -0.15) is 0 Å². The molecule has 2 aliphatic heterocycles. The molecule has 2 amide bonds. The monoisotopic (exact) mass is 381 g/mol. The van der Waals surface area contributed by atoms with Crippen LogP contribution in [0.3, 0.4) is 0 Å². The summed E-state index contributed by atoms with van der Waals surface area (Å²) in [4.78, 5) is 17.0. The average molecular weight is 382 g/mol. The fourth-order valence-corrected chi connectivity index (χ4v) is 4.62. The Morgan fingerprint density at radius 1 is 1.07 bits per heavy atom. The first-order chi connectivity index (χ1) is 13.5. The fourth-order valence-electron chi connectivity index (χ4n) is 4.62. The van der Waals surface area contributed by atoms with Gasteiger partial charge in [0.05, 0.1) is 11.6 Å². The number of amides is 2. The summed E-state index contributed by atoms with van der Waals surface area (Å²) in [6.45, 7) is 6.18. The van der Waals surface area contributed by atoms with Crippen LogP contribution in [0.25, 0.3) is 10.8 Å². The van der Waals surface area contributed by atoms with Crippen molar-refractivity contribution in [2.24, 2.45) is 0 Å². The van der Waals surface area contributed by atoms with Gasteiger partial charge >= 0.3 is 6.03 Å².